The van der Waals surface area contributed by atoms with Crippen LogP contribution in [0.2, 0.25) is 0 Å². The summed E-state index contributed by atoms with van der Waals surface area (Å²) in [5, 5.41) is 11.9. The summed E-state index contributed by atoms with van der Waals surface area (Å²) in [5.74, 6) is -1.36. The third kappa shape index (κ3) is 4.29. The molecule has 1 fully saturated rings. The van der Waals surface area contributed by atoms with Crippen LogP contribution in [0.3, 0.4) is 0 Å². The molecule has 0 heterocycles. The van der Waals surface area contributed by atoms with Crippen molar-refractivity contribution in [2.24, 2.45) is 5.73 Å². The number of nitrogens with one attached hydrogen (secondary N) is 1. The fraction of sp³-hybridized carbons (Fsp3) is 0.500. The Kier molecular flexibility index (Phi) is 4.96. The summed E-state index contributed by atoms with van der Waals surface area (Å²) < 4.78 is 0. The highest BCUT2D eigenvalue weighted by molar-refractivity contribution is 5.85. The molecule has 0 radical (unpaired) electrons. The van der Waals surface area contributed by atoms with E-state index < -0.39 is 17.6 Å². The van der Waals surface area contributed by atoms with Crippen molar-refractivity contribution in [2.75, 3.05) is 0 Å². The first-order valence-electron chi connectivity index (χ1n) is 7.36. The van der Waals surface area contributed by atoms with Gasteiger partial charge in [-0.2, -0.15) is 0 Å². The molecule has 114 valence electrons. The maximum atomic E-state index is 12.2. The normalized spacial score (nSPS) is 18.7. The zero-order chi connectivity index (χ0) is 15.3. The van der Waals surface area contributed by atoms with Crippen LogP contribution in [0.4, 0.5) is 0 Å². The second kappa shape index (κ2) is 6.72. The summed E-state index contributed by atoms with van der Waals surface area (Å²) in [7, 11) is 0. The molecule has 0 aliphatic heterocycles. The molecule has 1 saturated carbocycles. The first-order chi connectivity index (χ1) is 10.0. The van der Waals surface area contributed by atoms with Crippen LogP contribution in [-0.2, 0) is 9.59 Å². The maximum Gasteiger partial charge on any atom is 0.330 e. The molecule has 1 amide bonds. The van der Waals surface area contributed by atoms with Gasteiger partial charge in [0.25, 0.3) is 0 Å². The number of nitrogens with two attached hydrogens (primary N) is 1. The molecule has 0 unspecified atom stereocenters. The van der Waals surface area contributed by atoms with Crippen LogP contribution in [0.1, 0.15) is 50.1 Å². The Hall–Kier alpha value is -1.88. The van der Waals surface area contributed by atoms with E-state index in [0.29, 0.717) is 5.56 Å². The summed E-state index contributed by atoms with van der Waals surface area (Å²) in [6.45, 7) is 0. The summed E-state index contributed by atoms with van der Waals surface area (Å²) >= 11 is 0. The number of carboxylic acids is 1. The molecule has 5 nitrogen and oxygen atoms in total. The largest absolute Gasteiger partial charge is 0.479 e. The van der Waals surface area contributed by atoms with Gasteiger partial charge in [0, 0.05) is 12.0 Å². The zero-order valence-corrected chi connectivity index (χ0v) is 12.0. The summed E-state index contributed by atoms with van der Waals surface area (Å²) in [6, 6.07) is 7.67. The molecule has 0 spiro atoms. The summed E-state index contributed by atoms with van der Waals surface area (Å²) in [6.07, 6.45) is 5.05. The highest BCUT2D eigenvalue weighted by Gasteiger charge is 2.31. The Labute approximate surface area is 124 Å². The molecule has 1 aromatic carbocycles. The van der Waals surface area contributed by atoms with Gasteiger partial charge in [-0.1, -0.05) is 49.6 Å². The molecule has 0 aromatic heterocycles. The topological polar surface area (TPSA) is 92.4 Å². The van der Waals surface area contributed by atoms with Gasteiger partial charge < -0.3 is 16.2 Å². The molecule has 5 heteroatoms. The average Bonchev–Trinajstić information content (AvgIpc) is 2.45. The van der Waals surface area contributed by atoms with Crippen molar-refractivity contribution in [3.63, 3.8) is 0 Å². The van der Waals surface area contributed by atoms with E-state index in [1.54, 1.807) is 30.3 Å². The number of carboxylic acid groups (broad SMARTS) is 1. The SMILES string of the molecule is NC1(CC(=O)N[C@H](C(=O)O)c2ccccc2)CCCCC1. The van der Waals surface area contributed by atoms with Crippen LogP contribution in [-0.4, -0.2) is 22.5 Å². The fourth-order valence-electron chi connectivity index (χ4n) is 2.90. The number of amides is 1. The van der Waals surface area contributed by atoms with Gasteiger partial charge in [-0.05, 0) is 18.4 Å². The minimum absolute atomic E-state index is 0.184. The number of aliphatic carboxylic acids is 1. The van der Waals surface area contributed by atoms with Gasteiger partial charge in [-0.25, -0.2) is 4.79 Å². The lowest BCUT2D eigenvalue weighted by Gasteiger charge is -2.33. The van der Waals surface area contributed by atoms with Gasteiger partial charge >= 0.3 is 5.97 Å². The predicted octanol–water partition coefficient (Wildman–Crippen LogP) is 1.98. The number of carbonyl (C=O) groups excluding carboxylic acids is 1. The van der Waals surface area contributed by atoms with Crippen LogP contribution in [0.25, 0.3) is 0 Å². The average molecular weight is 290 g/mol. The van der Waals surface area contributed by atoms with Crippen LogP contribution in [0, 0.1) is 0 Å². The van der Waals surface area contributed by atoms with E-state index >= 15 is 0 Å². The second-order valence-electron chi connectivity index (χ2n) is 5.85. The van der Waals surface area contributed by atoms with Crippen molar-refractivity contribution in [1.82, 2.24) is 5.32 Å². The van der Waals surface area contributed by atoms with Crippen molar-refractivity contribution in [3.8, 4) is 0 Å². The molecule has 1 aliphatic carbocycles. The van der Waals surface area contributed by atoms with Gasteiger partial charge in [0.05, 0.1) is 0 Å². The molecule has 1 aliphatic rings. The van der Waals surface area contributed by atoms with Crippen molar-refractivity contribution >= 4 is 11.9 Å². The summed E-state index contributed by atoms with van der Waals surface area (Å²) in [4.78, 5) is 23.5. The lowest BCUT2D eigenvalue weighted by molar-refractivity contribution is -0.142. The van der Waals surface area contributed by atoms with Gasteiger partial charge in [0.1, 0.15) is 0 Å². The van der Waals surface area contributed by atoms with Gasteiger partial charge in [0.2, 0.25) is 5.91 Å². The second-order valence-corrected chi connectivity index (χ2v) is 5.85. The Morgan fingerprint density at radius 3 is 2.38 bits per heavy atom. The minimum atomic E-state index is -1.07. The molecule has 21 heavy (non-hydrogen) atoms. The van der Waals surface area contributed by atoms with Crippen LogP contribution in [0.15, 0.2) is 30.3 Å². The van der Waals surface area contributed by atoms with E-state index in [9.17, 15) is 14.7 Å². The number of hydrogen-bond donors (Lipinski definition) is 3. The van der Waals surface area contributed by atoms with Gasteiger partial charge in [-0.15, -0.1) is 0 Å². The minimum Gasteiger partial charge on any atom is -0.479 e. The molecular weight excluding hydrogens is 268 g/mol. The molecule has 1 aromatic rings. The van der Waals surface area contributed by atoms with E-state index in [-0.39, 0.29) is 12.3 Å². The number of rotatable bonds is 5. The Balaban J connectivity index is 2.00. The van der Waals surface area contributed by atoms with E-state index in [1.807, 2.05) is 0 Å². The lowest BCUT2D eigenvalue weighted by atomic mass is 9.80. The molecule has 2 rings (SSSR count). The van der Waals surface area contributed by atoms with E-state index in [4.69, 9.17) is 5.73 Å². The third-order valence-corrected chi connectivity index (χ3v) is 4.05. The fourth-order valence-corrected chi connectivity index (χ4v) is 2.90. The zero-order valence-electron chi connectivity index (χ0n) is 12.0. The van der Waals surface area contributed by atoms with Crippen molar-refractivity contribution in [3.05, 3.63) is 35.9 Å². The smallest absolute Gasteiger partial charge is 0.330 e. The molecule has 0 saturated heterocycles. The molecule has 1 atom stereocenters. The van der Waals surface area contributed by atoms with Gasteiger partial charge in [-0.3, -0.25) is 4.79 Å². The highest BCUT2D eigenvalue weighted by atomic mass is 16.4. The van der Waals surface area contributed by atoms with Crippen LogP contribution < -0.4 is 11.1 Å². The Bertz CT molecular complexity index is 496. The first-order valence-corrected chi connectivity index (χ1v) is 7.36. The maximum absolute atomic E-state index is 12.2. The lowest BCUT2D eigenvalue weighted by Crippen LogP contribution is -2.47. The molecular formula is C16H22N2O3. The Morgan fingerprint density at radius 2 is 1.81 bits per heavy atom. The van der Waals surface area contributed by atoms with E-state index in [2.05, 4.69) is 5.32 Å². The van der Waals surface area contributed by atoms with Crippen LogP contribution in [0.5, 0.6) is 0 Å². The standard InChI is InChI=1S/C16H22N2O3/c17-16(9-5-2-6-10-16)11-13(19)18-14(15(20)21)12-7-3-1-4-8-12/h1,3-4,7-8,14H,2,5-6,9-11,17H2,(H,18,19)(H,20,21)/t14-/m0/s1. The van der Waals surface area contributed by atoms with Crippen molar-refractivity contribution < 1.29 is 14.7 Å². The molecule has 0 bridgehead atoms. The quantitative estimate of drug-likeness (QED) is 0.773. The van der Waals surface area contributed by atoms with E-state index in [1.165, 1.54) is 0 Å². The van der Waals surface area contributed by atoms with Crippen molar-refractivity contribution in [1.29, 1.82) is 0 Å². The number of carbonyl (C=O) groups is 2. The highest BCUT2D eigenvalue weighted by Crippen LogP contribution is 2.28. The summed E-state index contributed by atoms with van der Waals surface area (Å²) in [5.41, 5.74) is 6.32. The first kappa shape index (κ1) is 15.5. The molecule has 4 N–H and O–H groups in total. The van der Waals surface area contributed by atoms with Crippen molar-refractivity contribution in [2.45, 2.75) is 50.1 Å². The van der Waals surface area contributed by atoms with Gasteiger partial charge in [0.15, 0.2) is 6.04 Å². The third-order valence-electron chi connectivity index (χ3n) is 4.05. The number of benzene rings is 1. The number of hydrogen-bond acceptors (Lipinski definition) is 3. The van der Waals surface area contributed by atoms with E-state index in [0.717, 1.165) is 32.1 Å². The predicted molar refractivity (Wildman–Crippen MR) is 79.6 cm³/mol. The van der Waals surface area contributed by atoms with Crippen LogP contribution >= 0.6 is 0 Å². The Morgan fingerprint density at radius 1 is 1.19 bits per heavy atom. The monoisotopic (exact) mass is 290 g/mol.